The van der Waals surface area contributed by atoms with Crippen molar-refractivity contribution in [1.82, 2.24) is 4.98 Å². The predicted molar refractivity (Wildman–Crippen MR) is 92.4 cm³/mol. The molecule has 0 saturated heterocycles. The Hall–Kier alpha value is -2.40. The second kappa shape index (κ2) is 7.93. The summed E-state index contributed by atoms with van der Waals surface area (Å²) in [7, 11) is 1.38. The molecule has 1 aromatic heterocycles. The lowest BCUT2D eigenvalue weighted by atomic mass is 9.95. The van der Waals surface area contributed by atoms with Gasteiger partial charge in [0.25, 0.3) is 0 Å². The van der Waals surface area contributed by atoms with Gasteiger partial charge in [-0.2, -0.15) is 0 Å². The maximum atomic E-state index is 11.9. The lowest BCUT2D eigenvalue weighted by molar-refractivity contribution is 0.0600. The number of ether oxygens (including phenoxy) is 2. The number of pyridine rings is 1. The highest BCUT2D eigenvalue weighted by Crippen LogP contribution is 2.31. The molecule has 0 spiro atoms. The van der Waals surface area contributed by atoms with Gasteiger partial charge in [0.15, 0.2) is 0 Å². The van der Waals surface area contributed by atoms with Gasteiger partial charge in [-0.1, -0.05) is 12.1 Å². The van der Waals surface area contributed by atoms with Crippen molar-refractivity contribution in [3.63, 3.8) is 0 Å². The first kappa shape index (κ1) is 17.9. The summed E-state index contributed by atoms with van der Waals surface area (Å²) in [6, 6.07) is 7.58. The average molecular weight is 329 g/mol. The molecule has 1 aromatic carbocycles. The number of carbonyl (C=O) groups excluding carboxylic acids is 1. The Kier molecular flexibility index (Phi) is 5.93. The Bertz CT molecular complexity index is 740. The van der Waals surface area contributed by atoms with Crippen LogP contribution < -0.4 is 4.74 Å². The van der Waals surface area contributed by atoms with Crippen LogP contribution >= 0.6 is 0 Å². The number of aromatic nitrogens is 1. The highest BCUT2D eigenvalue weighted by atomic mass is 16.5. The fraction of sp³-hybridized carbons (Fsp3) is 0.368. The molecule has 5 nitrogen and oxygen atoms in total. The normalized spacial score (nSPS) is 10.5. The highest BCUT2D eigenvalue weighted by molar-refractivity contribution is 5.93. The smallest absolute Gasteiger partial charge is 0.338 e. The molecule has 1 heterocycles. The summed E-state index contributed by atoms with van der Waals surface area (Å²) in [6.07, 6.45) is 0.572. The lowest BCUT2D eigenvalue weighted by Gasteiger charge is -2.15. The zero-order valence-corrected chi connectivity index (χ0v) is 14.5. The van der Waals surface area contributed by atoms with Gasteiger partial charge in [-0.15, -0.1) is 0 Å². The van der Waals surface area contributed by atoms with Gasteiger partial charge in [-0.05, 0) is 44.0 Å². The quantitative estimate of drug-likeness (QED) is 0.651. The van der Waals surface area contributed by atoms with E-state index in [4.69, 9.17) is 14.6 Å². The lowest BCUT2D eigenvalue weighted by Crippen LogP contribution is -2.06. The van der Waals surface area contributed by atoms with Gasteiger partial charge in [-0.25, -0.2) is 9.78 Å². The van der Waals surface area contributed by atoms with Crippen LogP contribution in [0.2, 0.25) is 0 Å². The summed E-state index contributed by atoms with van der Waals surface area (Å²) >= 11 is 0. The molecule has 2 aromatic rings. The Morgan fingerprint density at radius 1 is 1.21 bits per heavy atom. The molecule has 0 radical (unpaired) electrons. The van der Waals surface area contributed by atoms with Gasteiger partial charge < -0.3 is 14.6 Å². The van der Waals surface area contributed by atoms with Crippen LogP contribution in [0.15, 0.2) is 24.3 Å². The van der Waals surface area contributed by atoms with Gasteiger partial charge in [0.05, 0.1) is 19.3 Å². The van der Waals surface area contributed by atoms with Crippen molar-refractivity contribution in [2.45, 2.75) is 27.2 Å². The number of esters is 1. The van der Waals surface area contributed by atoms with E-state index in [0.29, 0.717) is 24.5 Å². The van der Waals surface area contributed by atoms with Gasteiger partial charge in [0, 0.05) is 29.8 Å². The zero-order chi connectivity index (χ0) is 17.7. The van der Waals surface area contributed by atoms with Crippen LogP contribution in [0.3, 0.4) is 0 Å². The van der Waals surface area contributed by atoms with Crippen LogP contribution in [-0.4, -0.2) is 36.4 Å². The molecule has 0 atom stereocenters. The van der Waals surface area contributed by atoms with Crippen LogP contribution in [0, 0.1) is 20.8 Å². The van der Waals surface area contributed by atoms with E-state index in [9.17, 15) is 4.79 Å². The first-order chi connectivity index (χ1) is 11.5. The molecular weight excluding hydrogens is 306 g/mol. The monoisotopic (exact) mass is 329 g/mol. The van der Waals surface area contributed by atoms with Gasteiger partial charge in [-0.3, -0.25) is 0 Å². The van der Waals surface area contributed by atoms with Gasteiger partial charge in [0.2, 0.25) is 5.88 Å². The SMILES string of the molecule is COC(=O)c1cccc(-c2cc(C)c(OCCCO)nc2C)c1C. The maximum Gasteiger partial charge on any atom is 0.338 e. The molecule has 0 bridgehead atoms. The van der Waals surface area contributed by atoms with E-state index in [1.54, 1.807) is 6.07 Å². The summed E-state index contributed by atoms with van der Waals surface area (Å²) in [4.78, 5) is 16.4. The Morgan fingerprint density at radius 2 is 1.96 bits per heavy atom. The molecule has 1 N–H and O–H groups in total. The van der Waals surface area contributed by atoms with Gasteiger partial charge >= 0.3 is 5.97 Å². The summed E-state index contributed by atoms with van der Waals surface area (Å²) in [5, 5.41) is 8.84. The second-order valence-electron chi connectivity index (χ2n) is 5.64. The largest absolute Gasteiger partial charge is 0.477 e. The molecule has 0 aliphatic carbocycles. The van der Waals surface area contributed by atoms with E-state index in [1.807, 2.05) is 39.0 Å². The Labute approximate surface area is 142 Å². The minimum absolute atomic E-state index is 0.0929. The third kappa shape index (κ3) is 3.74. The van der Waals surface area contributed by atoms with E-state index in [-0.39, 0.29) is 12.6 Å². The molecule has 2 rings (SSSR count). The Morgan fingerprint density at radius 3 is 2.62 bits per heavy atom. The second-order valence-corrected chi connectivity index (χ2v) is 5.64. The Balaban J connectivity index is 2.43. The fourth-order valence-corrected chi connectivity index (χ4v) is 2.59. The number of benzene rings is 1. The number of aryl methyl sites for hydroxylation is 2. The van der Waals surface area contributed by atoms with Gasteiger partial charge in [0.1, 0.15) is 0 Å². The number of nitrogens with zero attached hydrogens (tertiary/aromatic N) is 1. The standard InChI is InChI=1S/C19H23NO4/c1-12-11-17(14(3)20-18(12)24-10-6-9-21)15-7-5-8-16(13(15)2)19(22)23-4/h5,7-8,11,21H,6,9-10H2,1-4H3. The van der Waals surface area contributed by atoms with Crippen molar-refractivity contribution in [3.8, 4) is 17.0 Å². The number of aliphatic hydroxyl groups excluding tert-OH is 1. The molecule has 0 aliphatic heterocycles. The molecule has 0 saturated carbocycles. The zero-order valence-electron chi connectivity index (χ0n) is 14.5. The molecule has 0 fully saturated rings. The predicted octanol–water partition coefficient (Wildman–Crippen LogP) is 3.22. The third-order valence-electron chi connectivity index (χ3n) is 3.93. The van der Waals surface area contributed by atoms with Crippen molar-refractivity contribution in [2.75, 3.05) is 20.3 Å². The minimum Gasteiger partial charge on any atom is -0.477 e. The van der Waals surface area contributed by atoms with Crippen LogP contribution in [0.4, 0.5) is 0 Å². The number of hydrogen-bond donors (Lipinski definition) is 1. The molecule has 24 heavy (non-hydrogen) atoms. The van der Waals surface area contributed by atoms with Crippen LogP contribution in [0.5, 0.6) is 5.88 Å². The number of aliphatic hydroxyl groups is 1. The molecule has 0 unspecified atom stereocenters. The summed E-state index contributed by atoms with van der Waals surface area (Å²) in [5.41, 5.74) is 5.07. The molecule has 5 heteroatoms. The first-order valence-corrected chi connectivity index (χ1v) is 7.89. The van der Waals surface area contributed by atoms with Crippen molar-refractivity contribution in [1.29, 1.82) is 0 Å². The summed E-state index contributed by atoms with van der Waals surface area (Å²) < 4.78 is 10.5. The molecule has 0 aliphatic rings. The minimum atomic E-state index is -0.347. The summed E-state index contributed by atoms with van der Waals surface area (Å²) in [5.74, 6) is 0.229. The van der Waals surface area contributed by atoms with Crippen LogP contribution in [-0.2, 0) is 4.74 Å². The fourth-order valence-electron chi connectivity index (χ4n) is 2.59. The van der Waals surface area contributed by atoms with Crippen molar-refractivity contribution in [3.05, 3.63) is 46.6 Å². The van der Waals surface area contributed by atoms with Crippen LogP contribution in [0.25, 0.3) is 11.1 Å². The van der Waals surface area contributed by atoms with Crippen molar-refractivity contribution < 1.29 is 19.4 Å². The maximum absolute atomic E-state index is 11.9. The average Bonchev–Trinajstić information content (AvgIpc) is 2.57. The summed E-state index contributed by atoms with van der Waals surface area (Å²) in [6.45, 7) is 6.28. The molecule has 128 valence electrons. The number of hydrogen-bond acceptors (Lipinski definition) is 5. The molecular formula is C19H23NO4. The van der Waals surface area contributed by atoms with Crippen molar-refractivity contribution >= 4 is 5.97 Å². The van der Waals surface area contributed by atoms with E-state index in [2.05, 4.69) is 4.98 Å². The number of carbonyl (C=O) groups is 1. The van der Waals surface area contributed by atoms with Crippen LogP contribution in [0.1, 0.15) is 33.6 Å². The van der Waals surface area contributed by atoms with E-state index >= 15 is 0 Å². The third-order valence-corrected chi connectivity index (χ3v) is 3.93. The van der Waals surface area contributed by atoms with E-state index in [0.717, 1.165) is 27.9 Å². The van der Waals surface area contributed by atoms with E-state index < -0.39 is 0 Å². The number of methoxy groups -OCH3 is 1. The topological polar surface area (TPSA) is 68.7 Å². The highest BCUT2D eigenvalue weighted by Gasteiger charge is 2.16. The van der Waals surface area contributed by atoms with E-state index in [1.165, 1.54) is 7.11 Å². The number of rotatable bonds is 6. The van der Waals surface area contributed by atoms with Crippen molar-refractivity contribution in [2.24, 2.45) is 0 Å². The molecule has 0 amide bonds. The first-order valence-electron chi connectivity index (χ1n) is 7.89.